The summed E-state index contributed by atoms with van der Waals surface area (Å²) < 4.78 is 72.5. The Morgan fingerprint density at radius 2 is 1.42 bits per heavy atom. The topological polar surface area (TPSA) is 55.1 Å². The number of rotatable bonds is 2. The Labute approximate surface area is 153 Å². The average Bonchev–Trinajstić information content (AvgIpc) is 2.54. The number of nitrogen functional groups attached to an aromatic ring is 1. The summed E-state index contributed by atoms with van der Waals surface area (Å²) in [7, 11) is 0. The Bertz CT molecular complexity index is 746. The Morgan fingerprint density at radius 1 is 0.923 bits per heavy atom. The number of anilines is 2. The van der Waals surface area contributed by atoms with E-state index in [2.05, 4.69) is 21.2 Å². The third-order valence-electron chi connectivity index (χ3n) is 2.81. The van der Waals surface area contributed by atoms with Gasteiger partial charge in [-0.05, 0) is 36.4 Å². The number of halogens is 7. The fraction of sp³-hybridized carbons (Fsp3) is 0.188. The van der Waals surface area contributed by atoms with Gasteiger partial charge < -0.3 is 11.1 Å². The molecule has 0 aliphatic heterocycles. The molecule has 26 heavy (non-hydrogen) atoms. The van der Waals surface area contributed by atoms with E-state index in [1.54, 1.807) is 0 Å². The van der Waals surface area contributed by atoms with Crippen molar-refractivity contribution in [2.24, 2.45) is 0 Å². The Balaban J connectivity index is 0.000000273. The van der Waals surface area contributed by atoms with E-state index in [1.165, 1.54) is 24.3 Å². The first-order valence-electron chi connectivity index (χ1n) is 6.89. The van der Waals surface area contributed by atoms with Gasteiger partial charge in [-0.15, -0.1) is 0 Å². The van der Waals surface area contributed by atoms with Gasteiger partial charge in [0.15, 0.2) is 0 Å². The zero-order valence-corrected chi connectivity index (χ0v) is 14.5. The molecular weight excluding hydrogens is 430 g/mol. The van der Waals surface area contributed by atoms with Crippen LogP contribution in [0.2, 0.25) is 0 Å². The number of carbonyl (C=O) groups excluding carboxylic acids is 1. The minimum atomic E-state index is -4.39. The summed E-state index contributed by atoms with van der Waals surface area (Å²) in [5.41, 5.74) is 3.92. The summed E-state index contributed by atoms with van der Waals surface area (Å²) in [5, 5.41) is 2.36. The molecule has 0 bridgehead atoms. The van der Waals surface area contributed by atoms with Crippen molar-refractivity contribution < 1.29 is 31.1 Å². The van der Waals surface area contributed by atoms with Gasteiger partial charge >= 0.3 is 12.4 Å². The second-order valence-corrected chi connectivity index (χ2v) is 5.44. The normalized spacial score (nSPS) is 11.3. The zero-order valence-electron chi connectivity index (χ0n) is 13.0. The maximum Gasteiger partial charge on any atom is 0.416 e. The van der Waals surface area contributed by atoms with Crippen molar-refractivity contribution in [2.45, 2.75) is 12.4 Å². The van der Waals surface area contributed by atoms with Crippen molar-refractivity contribution in [3.63, 3.8) is 0 Å². The molecule has 2 rings (SSSR count). The van der Waals surface area contributed by atoms with Crippen LogP contribution < -0.4 is 11.1 Å². The standard InChI is InChI=1S/C9H7BrF3NO.C7H6F3N/c10-5-8(15)14-7-3-1-2-6(4-7)9(11,12)13;8-7(9,10)5-2-1-3-6(11)4-5/h1-4H,5H2,(H,14,15);1-4H,11H2. The van der Waals surface area contributed by atoms with Gasteiger partial charge in [0.05, 0.1) is 16.5 Å². The third kappa shape index (κ3) is 7.34. The van der Waals surface area contributed by atoms with Crippen LogP contribution in [0.5, 0.6) is 0 Å². The number of alkyl halides is 7. The van der Waals surface area contributed by atoms with Crippen LogP contribution in [-0.4, -0.2) is 11.2 Å². The highest BCUT2D eigenvalue weighted by atomic mass is 79.9. The molecule has 0 aliphatic carbocycles. The zero-order chi connectivity index (χ0) is 20.0. The van der Waals surface area contributed by atoms with Crippen LogP contribution in [0.25, 0.3) is 0 Å². The van der Waals surface area contributed by atoms with Crippen molar-refractivity contribution in [1.82, 2.24) is 0 Å². The van der Waals surface area contributed by atoms with Crippen LogP contribution in [0.4, 0.5) is 37.7 Å². The minimum Gasteiger partial charge on any atom is -0.399 e. The highest BCUT2D eigenvalue weighted by Gasteiger charge is 2.31. The summed E-state index contributed by atoms with van der Waals surface area (Å²) >= 11 is 2.90. The molecule has 2 aromatic rings. The Hall–Kier alpha value is -2.23. The van der Waals surface area contributed by atoms with E-state index < -0.39 is 29.4 Å². The molecule has 3 nitrogen and oxygen atoms in total. The summed E-state index contributed by atoms with van der Waals surface area (Å²) in [4.78, 5) is 10.9. The van der Waals surface area contributed by atoms with E-state index in [0.717, 1.165) is 24.3 Å². The molecule has 0 heterocycles. The van der Waals surface area contributed by atoms with E-state index in [1.807, 2.05) is 0 Å². The molecule has 0 saturated carbocycles. The Morgan fingerprint density at radius 3 is 1.85 bits per heavy atom. The SMILES string of the molecule is Nc1cccc(C(F)(F)F)c1.O=C(CBr)Nc1cccc(C(F)(F)F)c1. The lowest BCUT2D eigenvalue weighted by Crippen LogP contribution is -2.13. The van der Waals surface area contributed by atoms with Crippen LogP contribution in [0.3, 0.4) is 0 Å². The maximum atomic E-state index is 12.3. The summed E-state index contributed by atoms with van der Waals surface area (Å²) in [6.07, 6.45) is -8.69. The molecule has 0 saturated heterocycles. The fourth-order valence-corrected chi connectivity index (χ4v) is 1.82. The largest absolute Gasteiger partial charge is 0.416 e. The quantitative estimate of drug-likeness (QED) is 0.375. The predicted molar refractivity (Wildman–Crippen MR) is 89.7 cm³/mol. The van der Waals surface area contributed by atoms with E-state index in [-0.39, 0.29) is 16.7 Å². The van der Waals surface area contributed by atoms with Crippen molar-refractivity contribution in [3.8, 4) is 0 Å². The number of hydrogen-bond donors (Lipinski definition) is 2. The van der Waals surface area contributed by atoms with E-state index >= 15 is 0 Å². The predicted octanol–water partition coefficient (Wildman–Crippen LogP) is 5.33. The van der Waals surface area contributed by atoms with Crippen molar-refractivity contribution in [2.75, 3.05) is 16.4 Å². The summed E-state index contributed by atoms with van der Waals surface area (Å²) in [6.45, 7) is 0. The number of benzene rings is 2. The highest BCUT2D eigenvalue weighted by molar-refractivity contribution is 9.09. The van der Waals surface area contributed by atoms with Crippen LogP contribution >= 0.6 is 15.9 Å². The molecule has 0 atom stereocenters. The average molecular weight is 443 g/mol. The van der Waals surface area contributed by atoms with Gasteiger partial charge in [0, 0.05) is 11.4 Å². The van der Waals surface area contributed by atoms with E-state index in [0.29, 0.717) is 0 Å². The number of nitrogens with two attached hydrogens (primary N) is 1. The molecular formula is C16H13BrF6N2O. The van der Waals surface area contributed by atoms with Crippen molar-refractivity contribution in [3.05, 3.63) is 59.7 Å². The minimum absolute atomic E-state index is 0.0449. The number of amides is 1. The highest BCUT2D eigenvalue weighted by Crippen LogP contribution is 2.31. The smallest absolute Gasteiger partial charge is 0.399 e. The lowest BCUT2D eigenvalue weighted by molar-refractivity contribution is -0.138. The van der Waals surface area contributed by atoms with Crippen LogP contribution in [0.15, 0.2) is 48.5 Å². The second-order valence-electron chi connectivity index (χ2n) is 4.88. The van der Waals surface area contributed by atoms with Crippen LogP contribution in [0, 0.1) is 0 Å². The molecule has 3 N–H and O–H groups in total. The molecule has 10 heteroatoms. The van der Waals surface area contributed by atoms with Gasteiger partial charge in [-0.2, -0.15) is 26.3 Å². The molecule has 0 fully saturated rings. The summed E-state index contributed by atoms with van der Waals surface area (Å²) in [5.74, 6) is -0.394. The first kappa shape index (κ1) is 21.8. The molecule has 1 amide bonds. The van der Waals surface area contributed by atoms with E-state index in [9.17, 15) is 31.1 Å². The van der Waals surface area contributed by atoms with Gasteiger partial charge in [0.2, 0.25) is 5.91 Å². The fourth-order valence-electron chi connectivity index (χ4n) is 1.68. The molecule has 0 aromatic heterocycles. The molecule has 0 aliphatic rings. The first-order valence-corrected chi connectivity index (χ1v) is 8.01. The summed E-state index contributed by atoms with van der Waals surface area (Å²) in [6, 6.07) is 9.05. The van der Waals surface area contributed by atoms with Crippen molar-refractivity contribution >= 4 is 33.2 Å². The molecule has 0 unspecified atom stereocenters. The number of hydrogen-bond acceptors (Lipinski definition) is 2. The van der Waals surface area contributed by atoms with Gasteiger partial charge in [0.1, 0.15) is 0 Å². The van der Waals surface area contributed by atoms with Gasteiger partial charge in [-0.1, -0.05) is 28.1 Å². The third-order valence-corrected chi connectivity index (χ3v) is 3.32. The first-order chi connectivity index (χ1) is 11.9. The number of carbonyl (C=O) groups is 1. The molecule has 0 radical (unpaired) electrons. The second kappa shape index (κ2) is 8.93. The molecule has 142 valence electrons. The van der Waals surface area contributed by atoms with Gasteiger partial charge in [0.25, 0.3) is 0 Å². The van der Waals surface area contributed by atoms with Crippen molar-refractivity contribution in [1.29, 1.82) is 0 Å². The van der Waals surface area contributed by atoms with Crippen LogP contribution in [-0.2, 0) is 17.1 Å². The lowest BCUT2D eigenvalue weighted by Gasteiger charge is -2.08. The maximum absolute atomic E-state index is 12.3. The van der Waals surface area contributed by atoms with Crippen LogP contribution in [0.1, 0.15) is 11.1 Å². The number of nitrogens with one attached hydrogen (secondary N) is 1. The molecule has 2 aromatic carbocycles. The monoisotopic (exact) mass is 442 g/mol. The lowest BCUT2D eigenvalue weighted by atomic mass is 10.2. The Kier molecular flexibility index (Phi) is 7.49. The molecule has 0 spiro atoms. The van der Waals surface area contributed by atoms with E-state index in [4.69, 9.17) is 5.73 Å². The van der Waals surface area contributed by atoms with Gasteiger partial charge in [-0.25, -0.2) is 0 Å². The van der Waals surface area contributed by atoms with Gasteiger partial charge in [-0.3, -0.25) is 4.79 Å².